The van der Waals surface area contributed by atoms with Gasteiger partial charge >= 0.3 is 0 Å². The van der Waals surface area contributed by atoms with Crippen molar-refractivity contribution in [3.05, 3.63) is 71.2 Å². The Morgan fingerprint density at radius 3 is 2.97 bits per heavy atom. The fraction of sp³-hybridized carbons (Fsp3) is 0.259. The van der Waals surface area contributed by atoms with E-state index in [1.54, 1.807) is 36.7 Å². The second-order valence-corrected chi connectivity index (χ2v) is 11.1. The Kier molecular flexibility index (Phi) is 6.10. The number of hydrogen-bond donors (Lipinski definition) is 1. The van der Waals surface area contributed by atoms with Gasteiger partial charge < -0.3 is 10.2 Å². The smallest absolute Gasteiger partial charge is 0.225 e. The highest BCUT2D eigenvalue weighted by molar-refractivity contribution is 7.22. The summed E-state index contributed by atoms with van der Waals surface area (Å²) in [6, 6.07) is 13.5. The van der Waals surface area contributed by atoms with Gasteiger partial charge in [0.1, 0.15) is 22.8 Å². The maximum absolute atomic E-state index is 14.2. The van der Waals surface area contributed by atoms with Crippen LogP contribution in [0, 0.1) is 18.7 Å². The van der Waals surface area contributed by atoms with Crippen molar-refractivity contribution in [2.45, 2.75) is 26.3 Å². The van der Waals surface area contributed by atoms with E-state index in [1.165, 1.54) is 11.3 Å². The summed E-state index contributed by atoms with van der Waals surface area (Å²) in [5.74, 6) is 0.565. The van der Waals surface area contributed by atoms with Gasteiger partial charge in [-0.1, -0.05) is 18.2 Å². The highest BCUT2D eigenvalue weighted by atomic mass is 32.1. The number of halogens is 1. The summed E-state index contributed by atoms with van der Waals surface area (Å²) in [6.07, 6.45) is 3.33. The minimum atomic E-state index is -0.215. The molecule has 0 unspecified atom stereocenters. The van der Waals surface area contributed by atoms with Gasteiger partial charge in [-0.25, -0.2) is 19.3 Å². The zero-order valence-electron chi connectivity index (χ0n) is 19.7. The molecule has 0 spiro atoms. The van der Waals surface area contributed by atoms with E-state index >= 15 is 0 Å². The molecule has 1 fully saturated rings. The summed E-state index contributed by atoms with van der Waals surface area (Å²) in [5.41, 5.74) is 5.31. The first kappa shape index (κ1) is 23.0. The number of thiazole rings is 1. The van der Waals surface area contributed by atoms with Crippen molar-refractivity contribution in [1.82, 2.24) is 20.3 Å². The second kappa shape index (κ2) is 9.55. The second-order valence-electron chi connectivity index (χ2n) is 9.15. The number of aromatic nitrogens is 3. The van der Waals surface area contributed by atoms with E-state index in [0.717, 1.165) is 61.6 Å². The third-order valence-electron chi connectivity index (χ3n) is 6.72. The van der Waals surface area contributed by atoms with Gasteiger partial charge in [0.15, 0.2) is 0 Å². The summed E-state index contributed by atoms with van der Waals surface area (Å²) >= 11 is 3.14. The number of anilines is 1. The van der Waals surface area contributed by atoms with Gasteiger partial charge in [-0.15, -0.1) is 22.7 Å². The molecule has 1 saturated heterocycles. The Morgan fingerprint density at radius 1 is 1.17 bits per heavy atom. The van der Waals surface area contributed by atoms with Crippen LogP contribution in [-0.4, -0.2) is 33.9 Å². The van der Waals surface area contributed by atoms with E-state index in [-0.39, 0.29) is 17.6 Å². The first-order valence-electron chi connectivity index (χ1n) is 11.9. The molecule has 3 aromatic heterocycles. The minimum Gasteiger partial charge on any atom is -0.355 e. The fourth-order valence-electron chi connectivity index (χ4n) is 4.71. The molecular weight excluding hydrogens is 493 g/mol. The molecule has 4 heterocycles. The zero-order chi connectivity index (χ0) is 24.6. The number of amides is 1. The van der Waals surface area contributed by atoms with Gasteiger partial charge in [0.2, 0.25) is 5.91 Å². The van der Waals surface area contributed by atoms with Crippen molar-refractivity contribution < 1.29 is 9.18 Å². The minimum absolute atomic E-state index is 0.0597. The molecule has 0 aliphatic carbocycles. The highest BCUT2D eigenvalue weighted by Crippen LogP contribution is 2.37. The summed E-state index contributed by atoms with van der Waals surface area (Å²) in [4.78, 5) is 30.5. The first-order valence-corrected chi connectivity index (χ1v) is 13.6. The topological polar surface area (TPSA) is 71.0 Å². The number of piperidine rings is 1. The SMILES string of the molecule is Cc1ccc(-c2cc3c(N4CCC[C@H](C(=O)NCc5ccc6scnc6c5)C4)ncnc3s2)cc1F. The predicted molar refractivity (Wildman–Crippen MR) is 144 cm³/mol. The van der Waals surface area contributed by atoms with Crippen LogP contribution in [0.3, 0.4) is 0 Å². The molecule has 5 aromatic rings. The number of carbonyl (C=O) groups excluding carboxylic acids is 1. The van der Waals surface area contributed by atoms with Gasteiger partial charge in [0.05, 0.1) is 27.0 Å². The van der Waals surface area contributed by atoms with Crippen molar-refractivity contribution in [3.63, 3.8) is 0 Å². The quantitative estimate of drug-likeness (QED) is 0.312. The fourth-order valence-corrected chi connectivity index (χ4v) is 6.36. The molecule has 1 N–H and O–H groups in total. The van der Waals surface area contributed by atoms with E-state index in [1.807, 2.05) is 29.8 Å². The third kappa shape index (κ3) is 4.44. The third-order valence-corrected chi connectivity index (χ3v) is 8.62. The summed E-state index contributed by atoms with van der Waals surface area (Å²) in [5, 5.41) is 4.05. The number of nitrogens with one attached hydrogen (secondary N) is 1. The Labute approximate surface area is 215 Å². The molecule has 1 amide bonds. The van der Waals surface area contributed by atoms with Crippen LogP contribution < -0.4 is 10.2 Å². The van der Waals surface area contributed by atoms with Crippen LogP contribution in [0.4, 0.5) is 10.2 Å². The van der Waals surface area contributed by atoms with E-state index in [2.05, 4.69) is 31.2 Å². The highest BCUT2D eigenvalue weighted by Gasteiger charge is 2.28. The number of carbonyl (C=O) groups is 1. The molecule has 0 bridgehead atoms. The molecule has 0 radical (unpaired) electrons. The lowest BCUT2D eigenvalue weighted by atomic mass is 9.96. The summed E-state index contributed by atoms with van der Waals surface area (Å²) in [6.45, 7) is 3.69. The van der Waals surface area contributed by atoms with Crippen molar-refractivity contribution >= 4 is 54.8 Å². The molecule has 1 aliphatic rings. The van der Waals surface area contributed by atoms with Gasteiger partial charge in [0.25, 0.3) is 0 Å². The van der Waals surface area contributed by atoms with Gasteiger partial charge in [-0.3, -0.25) is 4.79 Å². The lowest BCUT2D eigenvalue weighted by Crippen LogP contribution is -2.43. The number of hydrogen-bond acceptors (Lipinski definition) is 7. The Hall–Kier alpha value is -3.43. The van der Waals surface area contributed by atoms with Crippen molar-refractivity contribution in [2.24, 2.45) is 5.92 Å². The standard InChI is InChI=1S/C27H24FN5OS2/c1-16-4-6-18(10-21(16)28)24-11-20-25(30-14-31-27(20)36-24)33-8-2-3-19(13-33)26(34)29-12-17-5-7-23-22(9-17)32-15-35-23/h4-7,9-11,14-15,19H,2-3,8,12-13H2,1H3,(H,29,34)/t19-/m0/s1. The average molecular weight is 518 g/mol. The van der Waals surface area contributed by atoms with Gasteiger partial charge in [-0.2, -0.15) is 0 Å². The molecule has 9 heteroatoms. The van der Waals surface area contributed by atoms with E-state index < -0.39 is 0 Å². The molecule has 0 saturated carbocycles. The molecule has 182 valence electrons. The molecule has 6 nitrogen and oxygen atoms in total. The lowest BCUT2D eigenvalue weighted by molar-refractivity contribution is -0.125. The normalized spacial score (nSPS) is 16.1. The predicted octanol–water partition coefficient (Wildman–Crippen LogP) is 5.95. The maximum Gasteiger partial charge on any atom is 0.225 e. The molecule has 1 atom stereocenters. The van der Waals surface area contributed by atoms with Crippen LogP contribution in [0.25, 0.3) is 30.9 Å². The van der Waals surface area contributed by atoms with E-state index in [0.29, 0.717) is 18.7 Å². The average Bonchev–Trinajstić information content (AvgIpc) is 3.55. The Bertz CT molecular complexity index is 1580. The zero-order valence-corrected chi connectivity index (χ0v) is 21.3. The monoisotopic (exact) mass is 517 g/mol. The largest absolute Gasteiger partial charge is 0.355 e. The van der Waals surface area contributed by atoms with Crippen molar-refractivity contribution in [2.75, 3.05) is 18.0 Å². The molecule has 1 aliphatic heterocycles. The summed E-state index contributed by atoms with van der Waals surface area (Å²) in [7, 11) is 0. The number of benzene rings is 2. The first-order chi connectivity index (χ1) is 17.5. The van der Waals surface area contributed by atoms with Crippen molar-refractivity contribution in [3.8, 4) is 10.4 Å². The van der Waals surface area contributed by atoms with Gasteiger partial charge in [-0.05, 0) is 60.7 Å². The van der Waals surface area contributed by atoms with E-state index in [9.17, 15) is 9.18 Å². The number of fused-ring (bicyclic) bond motifs is 2. The number of nitrogens with zero attached hydrogens (tertiary/aromatic N) is 4. The molecule has 2 aromatic carbocycles. The lowest BCUT2D eigenvalue weighted by Gasteiger charge is -2.33. The number of aryl methyl sites for hydroxylation is 1. The van der Waals surface area contributed by atoms with Crippen LogP contribution in [0.2, 0.25) is 0 Å². The Morgan fingerprint density at radius 2 is 2.08 bits per heavy atom. The van der Waals surface area contributed by atoms with Gasteiger partial charge in [0, 0.05) is 24.5 Å². The van der Waals surface area contributed by atoms with Crippen molar-refractivity contribution in [1.29, 1.82) is 0 Å². The van der Waals surface area contributed by atoms with E-state index in [4.69, 9.17) is 0 Å². The Balaban J connectivity index is 1.19. The van der Waals surface area contributed by atoms with Crippen LogP contribution in [-0.2, 0) is 11.3 Å². The van der Waals surface area contributed by atoms with Crippen LogP contribution in [0.5, 0.6) is 0 Å². The number of thiophene rings is 1. The van der Waals surface area contributed by atoms with Crippen LogP contribution >= 0.6 is 22.7 Å². The number of rotatable bonds is 5. The molecule has 36 heavy (non-hydrogen) atoms. The molecule has 6 rings (SSSR count). The van der Waals surface area contributed by atoms with Crippen LogP contribution in [0.1, 0.15) is 24.0 Å². The van der Waals surface area contributed by atoms with Crippen LogP contribution in [0.15, 0.2) is 54.3 Å². The molecular formula is C27H24FN5OS2. The summed E-state index contributed by atoms with van der Waals surface area (Å²) < 4.78 is 15.3. The maximum atomic E-state index is 14.2.